The fraction of sp³-hybridized carbons (Fsp3) is 0.667. The van der Waals surface area contributed by atoms with Gasteiger partial charge in [0.1, 0.15) is 0 Å². The topological polar surface area (TPSA) is 71.8 Å². The molecule has 1 fully saturated rings. The van der Waals surface area contributed by atoms with Crippen molar-refractivity contribution in [1.82, 2.24) is 9.97 Å². The second-order valence-electron chi connectivity index (χ2n) is 5.40. The van der Waals surface area contributed by atoms with E-state index in [2.05, 4.69) is 23.8 Å². The molecule has 0 saturated heterocycles. The van der Waals surface area contributed by atoms with E-state index in [0.717, 1.165) is 18.5 Å². The van der Waals surface area contributed by atoms with E-state index >= 15 is 0 Å². The molecule has 1 saturated carbocycles. The van der Waals surface area contributed by atoms with Gasteiger partial charge in [-0.05, 0) is 25.2 Å². The van der Waals surface area contributed by atoms with Crippen LogP contribution in [0.3, 0.4) is 0 Å². The van der Waals surface area contributed by atoms with Crippen LogP contribution in [-0.4, -0.2) is 21.3 Å². The van der Waals surface area contributed by atoms with Gasteiger partial charge in [0, 0.05) is 23.1 Å². The summed E-state index contributed by atoms with van der Waals surface area (Å²) >= 11 is 1.60. The number of H-pyrrole nitrogens is 1. The number of hydrogen-bond donors (Lipinski definition) is 2. The third-order valence-corrected chi connectivity index (χ3v) is 4.74. The second kappa shape index (κ2) is 4.46. The Hall–Kier alpha value is -0.810. The highest BCUT2D eigenvalue weighted by molar-refractivity contribution is 7.99. The SMILES string of the molecule is Cc1cc(=O)[nH]c(SC2CCC(C)(C)C2N)n1. The molecule has 0 aromatic carbocycles. The van der Waals surface area contributed by atoms with Crippen molar-refractivity contribution in [2.45, 2.75) is 50.1 Å². The molecule has 1 aromatic rings. The average Bonchev–Trinajstić information content (AvgIpc) is 2.44. The van der Waals surface area contributed by atoms with Gasteiger partial charge in [-0.2, -0.15) is 0 Å². The van der Waals surface area contributed by atoms with Crippen molar-refractivity contribution < 1.29 is 0 Å². The standard InChI is InChI=1S/C12H19N3OS/c1-7-6-9(16)15-11(14-7)17-8-4-5-12(2,3)10(8)13/h6,8,10H,4-5,13H2,1-3H3,(H,14,15,16). The molecule has 3 N–H and O–H groups in total. The average molecular weight is 253 g/mol. The van der Waals surface area contributed by atoms with Gasteiger partial charge in [0.15, 0.2) is 5.16 Å². The van der Waals surface area contributed by atoms with Crippen LogP contribution in [0.4, 0.5) is 0 Å². The molecule has 0 aliphatic heterocycles. The summed E-state index contributed by atoms with van der Waals surface area (Å²) in [5.74, 6) is 0. The molecule has 1 aliphatic rings. The maximum Gasteiger partial charge on any atom is 0.251 e. The van der Waals surface area contributed by atoms with E-state index in [1.165, 1.54) is 6.07 Å². The number of nitrogens with one attached hydrogen (secondary N) is 1. The fourth-order valence-corrected chi connectivity index (χ4v) is 3.64. The van der Waals surface area contributed by atoms with Crippen molar-refractivity contribution in [2.24, 2.45) is 11.1 Å². The summed E-state index contributed by atoms with van der Waals surface area (Å²) in [6.07, 6.45) is 2.21. The monoisotopic (exact) mass is 253 g/mol. The second-order valence-corrected chi connectivity index (χ2v) is 6.63. The lowest BCUT2D eigenvalue weighted by molar-refractivity contribution is 0.334. The fourth-order valence-electron chi connectivity index (χ4n) is 2.25. The van der Waals surface area contributed by atoms with Crippen LogP contribution in [0, 0.1) is 12.3 Å². The Morgan fingerprint density at radius 1 is 1.59 bits per heavy atom. The summed E-state index contributed by atoms with van der Waals surface area (Å²) in [7, 11) is 0. The van der Waals surface area contributed by atoms with E-state index in [0.29, 0.717) is 10.4 Å². The number of aryl methyl sites for hydroxylation is 1. The smallest absolute Gasteiger partial charge is 0.251 e. The minimum atomic E-state index is -0.0918. The molecule has 1 heterocycles. The predicted molar refractivity (Wildman–Crippen MR) is 70.2 cm³/mol. The number of hydrogen-bond acceptors (Lipinski definition) is 4. The zero-order chi connectivity index (χ0) is 12.6. The largest absolute Gasteiger partial charge is 0.326 e. The molecule has 1 aromatic heterocycles. The molecular weight excluding hydrogens is 234 g/mol. The highest BCUT2D eigenvalue weighted by Crippen LogP contribution is 2.42. The van der Waals surface area contributed by atoms with Crippen LogP contribution in [0.25, 0.3) is 0 Å². The van der Waals surface area contributed by atoms with Crippen LogP contribution in [0.15, 0.2) is 16.0 Å². The first kappa shape index (κ1) is 12.6. The maximum absolute atomic E-state index is 11.4. The molecule has 4 nitrogen and oxygen atoms in total. The quantitative estimate of drug-likeness (QED) is 0.787. The zero-order valence-electron chi connectivity index (χ0n) is 10.5. The van der Waals surface area contributed by atoms with Gasteiger partial charge >= 0.3 is 0 Å². The van der Waals surface area contributed by atoms with Gasteiger partial charge in [0.05, 0.1) is 0 Å². The van der Waals surface area contributed by atoms with Crippen molar-refractivity contribution in [1.29, 1.82) is 0 Å². The lowest BCUT2D eigenvalue weighted by Gasteiger charge is -2.26. The van der Waals surface area contributed by atoms with Crippen LogP contribution < -0.4 is 11.3 Å². The Labute approximate surface area is 105 Å². The number of nitrogens with zero attached hydrogens (tertiary/aromatic N) is 1. The van der Waals surface area contributed by atoms with E-state index in [1.807, 2.05) is 6.92 Å². The number of aromatic amines is 1. The molecule has 5 heteroatoms. The maximum atomic E-state index is 11.4. The van der Waals surface area contributed by atoms with Crippen molar-refractivity contribution >= 4 is 11.8 Å². The van der Waals surface area contributed by atoms with E-state index in [4.69, 9.17) is 5.73 Å². The van der Waals surface area contributed by atoms with E-state index < -0.39 is 0 Å². The molecule has 0 radical (unpaired) electrons. The van der Waals surface area contributed by atoms with Crippen molar-refractivity contribution in [3.63, 3.8) is 0 Å². The van der Waals surface area contributed by atoms with E-state index in [1.54, 1.807) is 11.8 Å². The van der Waals surface area contributed by atoms with Gasteiger partial charge in [0.25, 0.3) is 5.56 Å². The van der Waals surface area contributed by atoms with Gasteiger partial charge in [-0.25, -0.2) is 4.98 Å². The first-order valence-corrected chi connectivity index (χ1v) is 6.77. The molecule has 0 spiro atoms. The molecule has 17 heavy (non-hydrogen) atoms. The first-order chi connectivity index (χ1) is 7.88. The van der Waals surface area contributed by atoms with Crippen LogP contribution in [0.1, 0.15) is 32.4 Å². The molecular formula is C12H19N3OS. The summed E-state index contributed by atoms with van der Waals surface area (Å²) in [6.45, 7) is 6.23. The lowest BCUT2D eigenvalue weighted by atomic mass is 9.88. The molecule has 0 bridgehead atoms. The zero-order valence-corrected chi connectivity index (χ0v) is 11.3. The molecule has 1 aliphatic carbocycles. The summed E-state index contributed by atoms with van der Waals surface area (Å²) < 4.78 is 0. The predicted octanol–water partition coefficient (Wildman–Crippen LogP) is 1.69. The van der Waals surface area contributed by atoms with E-state index in [9.17, 15) is 4.79 Å². The molecule has 2 rings (SSSR count). The lowest BCUT2D eigenvalue weighted by Crippen LogP contribution is -2.38. The van der Waals surface area contributed by atoms with Crippen molar-refractivity contribution in [3.8, 4) is 0 Å². The number of aromatic nitrogens is 2. The Bertz CT molecular complexity index is 469. The Kier molecular flexibility index (Phi) is 3.32. The highest BCUT2D eigenvalue weighted by Gasteiger charge is 2.40. The summed E-state index contributed by atoms with van der Waals surface area (Å²) in [5, 5.41) is 1.03. The number of nitrogens with two attached hydrogens (primary N) is 1. The van der Waals surface area contributed by atoms with Crippen LogP contribution >= 0.6 is 11.8 Å². The van der Waals surface area contributed by atoms with Gasteiger partial charge in [-0.3, -0.25) is 4.79 Å². The molecule has 2 unspecified atom stereocenters. The van der Waals surface area contributed by atoms with Gasteiger partial charge in [-0.1, -0.05) is 25.6 Å². The van der Waals surface area contributed by atoms with Gasteiger partial charge in [-0.15, -0.1) is 0 Å². The Balaban J connectivity index is 2.14. The van der Waals surface area contributed by atoms with Crippen LogP contribution in [0.5, 0.6) is 0 Å². The van der Waals surface area contributed by atoms with Gasteiger partial charge in [0.2, 0.25) is 0 Å². The third kappa shape index (κ3) is 2.72. The van der Waals surface area contributed by atoms with E-state index in [-0.39, 0.29) is 17.0 Å². The third-order valence-electron chi connectivity index (χ3n) is 3.49. The normalized spacial score (nSPS) is 27.3. The first-order valence-electron chi connectivity index (χ1n) is 5.89. The minimum Gasteiger partial charge on any atom is -0.326 e. The summed E-state index contributed by atoms with van der Waals surface area (Å²) in [5.41, 5.74) is 7.08. The number of thioether (sulfide) groups is 1. The number of rotatable bonds is 2. The van der Waals surface area contributed by atoms with Crippen LogP contribution in [0.2, 0.25) is 0 Å². The Morgan fingerprint density at radius 3 is 2.82 bits per heavy atom. The summed E-state index contributed by atoms with van der Waals surface area (Å²) in [4.78, 5) is 18.4. The van der Waals surface area contributed by atoms with Crippen LogP contribution in [-0.2, 0) is 0 Å². The highest BCUT2D eigenvalue weighted by atomic mass is 32.2. The van der Waals surface area contributed by atoms with Crippen molar-refractivity contribution in [3.05, 3.63) is 22.1 Å². The molecule has 94 valence electrons. The van der Waals surface area contributed by atoms with Gasteiger partial charge < -0.3 is 10.7 Å². The summed E-state index contributed by atoms with van der Waals surface area (Å²) in [6, 6.07) is 1.65. The Morgan fingerprint density at radius 2 is 2.29 bits per heavy atom. The molecule has 2 atom stereocenters. The van der Waals surface area contributed by atoms with Crippen molar-refractivity contribution in [2.75, 3.05) is 0 Å². The molecule has 0 amide bonds. The minimum absolute atomic E-state index is 0.0918.